The van der Waals surface area contributed by atoms with Crippen LogP contribution in [0.1, 0.15) is 21.7 Å². The van der Waals surface area contributed by atoms with Crippen molar-refractivity contribution in [1.29, 1.82) is 0 Å². The van der Waals surface area contributed by atoms with Crippen molar-refractivity contribution >= 4 is 23.5 Å². The summed E-state index contributed by atoms with van der Waals surface area (Å²) in [6.07, 6.45) is 4.13. The van der Waals surface area contributed by atoms with Crippen LogP contribution in [0, 0.1) is 6.92 Å². The first-order valence-electron chi connectivity index (χ1n) is 6.82. The van der Waals surface area contributed by atoms with Crippen molar-refractivity contribution in [2.45, 2.75) is 19.9 Å². The predicted molar refractivity (Wildman–Crippen MR) is 82.9 cm³/mol. The van der Waals surface area contributed by atoms with Crippen molar-refractivity contribution in [1.82, 2.24) is 9.88 Å². The lowest BCUT2D eigenvalue weighted by Gasteiger charge is -2.22. The van der Waals surface area contributed by atoms with Gasteiger partial charge in [0.2, 0.25) is 0 Å². The van der Waals surface area contributed by atoms with Crippen molar-refractivity contribution < 1.29 is 9.53 Å². The van der Waals surface area contributed by atoms with E-state index in [1.165, 1.54) is 4.88 Å². The van der Waals surface area contributed by atoms with E-state index in [9.17, 15) is 4.79 Å². The zero-order valence-corrected chi connectivity index (χ0v) is 12.6. The Kier molecular flexibility index (Phi) is 4.01. The van der Waals surface area contributed by atoms with Gasteiger partial charge in [0, 0.05) is 17.5 Å². The molecule has 4 nitrogen and oxygen atoms in total. The third kappa shape index (κ3) is 3.13. The van der Waals surface area contributed by atoms with Gasteiger partial charge in [0.25, 0.3) is 0 Å². The molecule has 1 aliphatic rings. The van der Waals surface area contributed by atoms with Gasteiger partial charge in [0.05, 0.1) is 24.4 Å². The van der Waals surface area contributed by atoms with Gasteiger partial charge in [-0.1, -0.05) is 24.3 Å². The first-order chi connectivity index (χ1) is 10.2. The topological polar surface area (TPSA) is 42.4 Å². The molecule has 1 aliphatic heterocycles. The van der Waals surface area contributed by atoms with E-state index in [4.69, 9.17) is 4.74 Å². The predicted octanol–water partition coefficient (Wildman–Crippen LogP) is 3.62. The van der Waals surface area contributed by atoms with Crippen LogP contribution in [0.15, 0.2) is 36.0 Å². The van der Waals surface area contributed by atoms with Gasteiger partial charge in [-0.05, 0) is 24.1 Å². The van der Waals surface area contributed by atoms with E-state index in [0.29, 0.717) is 13.2 Å². The molecule has 1 aromatic heterocycles. The van der Waals surface area contributed by atoms with Crippen molar-refractivity contribution in [3.8, 4) is 0 Å². The van der Waals surface area contributed by atoms with E-state index in [-0.39, 0.29) is 6.09 Å². The van der Waals surface area contributed by atoms with Gasteiger partial charge in [0.1, 0.15) is 0 Å². The second-order valence-electron chi connectivity index (χ2n) is 4.87. The number of benzene rings is 1. The van der Waals surface area contributed by atoms with Crippen molar-refractivity contribution in [2.75, 3.05) is 6.61 Å². The Balaban J connectivity index is 1.54. The molecule has 0 spiro atoms. The zero-order valence-electron chi connectivity index (χ0n) is 11.8. The molecule has 21 heavy (non-hydrogen) atoms. The molecule has 2 aromatic rings. The number of carbonyl (C=O) groups excluding carboxylic acids is 1. The minimum atomic E-state index is -0.303. The standard InChI is InChI=1S/C16H16N2O2S/c1-12-15(21-11-17-12)7-9-20-16(19)18-8-6-13-4-2-3-5-14(13)10-18/h2-6,8,11H,7,9-10H2,1H3. The molecular weight excluding hydrogens is 284 g/mol. The maximum atomic E-state index is 12.1. The van der Waals surface area contributed by atoms with Crippen LogP contribution < -0.4 is 0 Å². The van der Waals surface area contributed by atoms with Crippen LogP contribution in [0.2, 0.25) is 0 Å². The lowest BCUT2D eigenvalue weighted by Crippen LogP contribution is -2.28. The first-order valence-corrected chi connectivity index (χ1v) is 7.70. The fourth-order valence-corrected chi connectivity index (χ4v) is 3.02. The first kappa shape index (κ1) is 13.8. The summed E-state index contributed by atoms with van der Waals surface area (Å²) in [6.45, 7) is 2.91. The summed E-state index contributed by atoms with van der Waals surface area (Å²) in [4.78, 5) is 19.0. The average Bonchev–Trinajstić information content (AvgIpc) is 2.92. The third-order valence-electron chi connectivity index (χ3n) is 3.46. The third-order valence-corrected chi connectivity index (χ3v) is 4.46. The average molecular weight is 300 g/mol. The van der Waals surface area contributed by atoms with E-state index >= 15 is 0 Å². The summed E-state index contributed by atoms with van der Waals surface area (Å²) in [5.41, 5.74) is 5.12. The Labute approximate surface area is 127 Å². The van der Waals surface area contributed by atoms with Gasteiger partial charge in [0.15, 0.2) is 0 Å². The second-order valence-corrected chi connectivity index (χ2v) is 5.81. The summed E-state index contributed by atoms with van der Waals surface area (Å²) < 4.78 is 5.34. The molecule has 0 radical (unpaired) electrons. The van der Waals surface area contributed by atoms with E-state index in [1.807, 2.05) is 42.8 Å². The number of thiazole rings is 1. The summed E-state index contributed by atoms with van der Waals surface area (Å²) in [5, 5.41) is 0. The van der Waals surface area contributed by atoms with Gasteiger partial charge in [-0.15, -0.1) is 11.3 Å². The highest BCUT2D eigenvalue weighted by Gasteiger charge is 2.17. The van der Waals surface area contributed by atoms with Crippen LogP contribution in [0.3, 0.4) is 0 Å². The maximum Gasteiger partial charge on any atom is 0.414 e. The molecule has 1 aromatic carbocycles. The van der Waals surface area contributed by atoms with Crippen molar-refractivity contribution in [2.24, 2.45) is 0 Å². The Morgan fingerprint density at radius 1 is 1.43 bits per heavy atom. The van der Waals surface area contributed by atoms with Gasteiger partial charge >= 0.3 is 6.09 Å². The Hall–Kier alpha value is -2.14. The SMILES string of the molecule is Cc1ncsc1CCOC(=O)N1C=Cc2ccccc2C1. The highest BCUT2D eigenvalue weighted by molar-refractivity contribution is 7.09. The lowest BCUT2D eigenvalue weighted by atomic mass is 10.1. The number of hydrogen-bond acceptors (Lipinski definition) is 4. The Bertz CT molecular complexity index is 678. The van der Waals surface area contributed by atoms with Crippen LogP contribution in [0.5, 0.6) is 0 Å². The Morgan fingerprint density at radius 3 is 3.10 bits per heavy atom. The van der Waals surface area contributed by atoms with Crippen molar-refractivity contribution in [3.05, 3.63) is 57.7 Å². The van der Waals surface area contributed by atoms with Crippen molar-refractivity contribution in [3.63, 3.8) is 0 Å². The molecule has 0 aliphatic carbocycles. The normalized spacial score (nSPS) is 13.1. The zero-order chi connectivity index (χ0) is 14.7. The van der Waals surface area contributed by atoms with Gasteiger partial charge < -0.3 is 4.74 Å². The highest BCUT2D eigenvalue weighted by atomic mass is 32.1. The molecule has 1 amide bonds. The molecular formula is C16H16N2O2S. The van der Waals surface area contributed by atoms with Gasteiger partial charge in [-0.25, -0.2) is 9.78 Å². The molecule has 0 atom stereocenters. The molecule has 0 N–H and O–H groups in total. The van der Waals surface area contributed by atoms with Gasteiger partial charge in [-0.2, -0.15) is 0 Å². The van der Waals surface area contributed by atoms with Crippen LogP contribution in [-0.4, -0.2) is 22.6 Å². The minimum absolute atomic E-state index is 0.303. The molecule has 3 rings (SSSR count). The van der Waals surface area contributed by atoms with Crippen LogP contribution >= 0.6 is 11.3 Å². The maximum absolute atomic E-state index is 12.1. The number of ether oxygens (including phenoxy) is 1. The molecule has 0 saturated carbocycles. The lowest BCUT2D eigenvalue weighted by molar-refractivity contribution is 0.116. The summed E-state index contributed by atoms with van der Waals surface area (Å²) >= 11 is 1.60. The molecule has 2 heterocycles. The number of carbonyl (C=O) groups is 1. The largest absolute Gasteiger partial charge is 0.449 e. The summed E-state index contributed by atoms with van der Waals surface area (Å²) in [7, 11) is 0. The van der Waals surface area contributed by atoms with Gasteiger partial charge in [-0.3, -0.25) is 4.90 Å². The number of rotatable bonds is 3. The molecule has 0 unspecified atom stereocenters. The quantitative estimate of drug-likeness (QED) is 0.869. The van der Waals surface area contributed by atoms with E-state index in [1.54, 1.807) is 22.4 Å². The fourth-order valence-electron chi connectivity index (χ4n) is 2.25. The number of fused-ring (bicyclic) bond motifs is 1. The second kappa shape index (κ2) is 6.10. The molecule has 0 saturated heterocycles. The van der Waals surface area contributed by atoms with E-state index < -0.39 is 0 Å². The number of aromatic nitrogens is 1. The monoisotopic (exact) mass is 300 g/mol. The minimum Gasteiger partial charge on any atom is -0.449 e. The van der Waals surface area contributed by atoms with E-state index in [2.05, 4.69) is 4.98 Å². The fraction of sp³-hybridized carbons (Fsp3) is 0.250. The number of hydrogen-bond donors (Lipinski definition) is 0. The molecule has 0 fully saturated rings. The summed E-state index contributed by atoms with van der Waals surface area (Å²) in [5.74, 6) is 0. The molecule has 108 valence electrons. The molecule has 0 bridgehead atoms. The van der Waals surface area contributed by atoms with Crippen LogP contribution in [-0.2, 0) is 17.7 Å². The number of nitrogens with zero attached hydrogens (tertiary/aromatic N) is 2. The summed E-state index contributed by atoms with van der Waals surface area (Å²) in [6, 6.07) is 8.05. The number of amides is 1. The van der Waals surface area contributed by atoms with Crippen LogP contribution in [0.25, 0.3) is 6.08 Å². The molecule has 5 heteroatoms. The smallest absolute Gasteiger partial charge is 0.414 e. The van der Waals surface area contributed by atoms with Crippen LogP contribution in [0.4, 0.5) is 4.79 Å². The van der Waals surface area contributed by atoms with E-state index in [0.717, 1.165) is 23.2 Å². The number of aryl methyl sites for hydroxylation is 1. The highest BCUT2D eigenvalue weighted by Crippen LogP contribution is 2.20. The Morgan fingerprint density at radius 2 is 2.29 bits per heavy atom.